The van der Waals surface area contributed by atoms with Gasteiger partial charge in [-0.1, -0.05) is 6.07 Å². The summed E-state index contributed by atoms with van der Waals surface area (Å²) in [4.78, 5) is 23.3. The lowest BCUT2D eigenvalue weighted by Crippen LogP contribution is -2.45. The predicted molar refractivity (Wildman–Crippen MR) is 71.4 cm³/mol. The first-order valence-corrected chi connectivity index (χ1v) is 6.34. The summed E-state index contributed by atoms with van der Waals surface area (Å²) >= 11 is 0. The second-order valence-corrected chi connectivity index (χ2v) is 4.98. The number of esters is 1. The summed E-state index contributed by atoms with van der Waals surface area (Å²) in [5.74, 6) is -0.516. The second kappa shape index (κ2) is 5.13. The summed E-state index contributed by atoms with van der Waals surface area (Å²) in [6.45, 7) is 5.17. The van der Waals surface area contributed by atoms with Crippen LogP contribution in [0.25, 0.3) is 0 Å². The number of carbonyl (C=O) groups excluding carboxylic acids is 2. The Balaban J connectivity index is 2.27. The smallest absolute Gasteiger partial charge is 0.339 e. The summed E-state index contributed by atoms with van der Waals surface area (Å²) in [6, 6.07) is 4.67. The zero-order valence-electron chi connectivity index (χ0n) is 11.6. The molecule has 0 bridgehead atoms. The predicted octanol–water partition coefficient (Wildman–Crippen LogP) is 1.39. The summed E-state index contributed by atoms with van der Waals surface area (Å²) in [5.41, 5.74) is -0.185. The van der Waals surface area contributed by atoms with Crippen molar-refractivity contribution in [2.24, 2.45) is 0 Å². The molecule has 1 amide bonds. The zero-order valence-corrected chi connectivity index (χ0v) is 11.6. The van der Waals surface area contributed by atoms with Crippen molar-refractivity contribution in [2.45, 2.75) is 32.5 Å². The molecule has 0 spiro atoms. The molecule has 1 aliphatic rings. The van der Waals surface area contributed by atoms with E-state index in [2.05, 4.69) is 5.32 Å². The maximum atomic E-state index is 11.8. The lowest BCUT2D eigenvalue weighted by atomic mass is 10.0. The van der Waals surface area contributed by atoms with Crippen molar-refractivity contribution in [1.82, 2.24) is 0 Å². The summed E-state index contributed by atoms with van der Waals surface area (Å²) in [7, 11) is 0. The highest BCUT2D eigenvalue weighted by atomic mass is 16.5. The van der Waals surface area contributed by atoms with Gasteiger partial charge in [-0.05, 0) is 38.5 Å². The highest BCUT2D eigenvalue weighted by Gasteiger charge is 2.35. The molecule has 6 nitrogen and oxygen atoms in total. The average molecular weight is 279 g/mol. The van der Waals surface area contributed by atoms with Crippen LogP contribution in [0.3, 0.4) is 0 Å². The number of nitrogens with one attached hydrogen (secondary N) is 1. The number of aliphatic hydroxyl groups is 1. The summed E-state index contributed by atoms with van der Waals surface area (Å²) in [6.07, 6.45) is -1.38. The summed E-state index contributed by atoms with van der Waals surface area (Å²) < 4.78 is 10.3. The van der Waals surface area contributed by atoms with Crippen LogP contribution in [-0.4, -0.2) is 29.2 Å². The monoisotopic (exact) mass is 279 g/mol. The molecule has 0 radical (unpaired) electrons. The molecule has 0 saturated carbocycles. The van der Waals surface area contributed by atoms with E-state index in [4.69, 9.17) is 9.47 Å². The van der Waals surface area contributed by atoms with E-state index in [0.717, 1.165) is 0 Å². The molecular formula is C14H17NO5. The first kappa shape index (κ1) is 14.3. The Hall–Kier alpha value is -2.08. The lowest BCUT2D eigenvalue weighted by Gasteiger charge is -2.31. The van der Waals surface area contributed by atoms with Crippen molar-refractivity contribution in [3.05, 3.63) is 23.8 Å². The van der Waals surface area contributed by atoms with Crippen molar-refractivity contribution < 1.29 is 24.2 Å². The van der Waals surface area contributed by atoms with Gasteiger partial charge in [-0.25, -0.2) is 4.79 Å². The number of amides is 1. The minimum absolute atomic E-state index is 0.189. The fourth-order valence-electron chi connectivity index (χ4n) is 1.86. The van der Waals surface area contributed by atoms with E-state index < -0.39 is 17.7 Å². The molecule has 0 fully saturated rings. The van der Waals surface area contributed by atoms with E-state index in [1.807, 2.05) is 0 Å². The Morgan fingerprint density at radius 3 is 2.85 bits per heavy atom. The van der Waals surface area contributed by atoms with Crippen LogP contribution in [0, 0.1) is 0 Å². The lowest BCUT2D eigenvalue weighted by molar-refractivity contribution is -0.153. The third kappa shape index (κ3) is 2.60. The minimum Gasteiger partial charge on any atom is -0.476 e. The van der Waals surface area contributed by atoms with Gasteiger partial charge >= 0.3 is 5.97 Å². The van der Waals surface area contributed by atoms with Crippen molar-refractivity contribution in [3.63, 3.8) is 0 Å². The first-order chi connectivity index (χ1) is 9.35. The molecule has 108 valence electrons. The number of hydrogen-bond donors (Lipinski definition) is 2. The molecule has 0 aliphatic carbocycles. The third-order valence-corrected chi connectivity index (χ3v) is 2.99. The van der Waals surface area contributed by atoms with E-state index in [-0.39, 0.29) is 12.5 Å². The number of anilines is 1. The van der Waals surface area contributed by atoms with Gasteiger partial charge in [0.25, 0.3) is 5.91 Å². The molecule has 0 aromatic heterocycles. The first-order valence-electron chi connectivity index (χ1n) is 6.34. The molecule has 1 aliphatic heterocycles. The molecule has 1 aromatic rings. The van der Waals surface area contributed by atoms with E-state index in [0.29, 0.717) is 17.0 Å². The van der Waals surface area contributed by atoms with Crippen LogP contribution in [0.15, 0.2) is 18.2 Å². The number of rotatable bonds is 3. The maximum Gasteiger partial charge on any atom is 0.339 e. The maximum absolute atomic E-state index is 11.8. The highest BCUT2D eigenvalue weighted by molar-refractivity contribution is 6.00. The van der Waals surface area contributed by atoms with Crippen LogP contribution in [0.5, 0.6) is 5.75 Å². The van der Waals surface area contributed by atoms with Gasteiger partial charge in [-0.2, -0.15) is 0 Å². The van der Waals surface area contributed by atoms with E-state index in [1.54, 1.807) is 32.9 Å². The van der Waals surface area contributed by atoms with Gasteiger partial charge in [0.05, 0.1) is 12.3 Å². The Morgan fingerprint density at radius 2 is 2.20 bits per heavy atom. The number of hydrogen-bond acceptors (Lipinski definition) is 5. The van der Waals surface area contributed by atoms with Crippen molar-refractivity contribution in [1.29, 1.82) is 0 Å². The molecule has 1 aromatic carbocycles. The molecule has 6 heteroatoms. The summed E-state index contributed by atoms with van der Waals surface area (Å²) in [5, 5.41) is 12.6. The van der Waals surface area contributed by atoms with Gasteiger partial charge in [0.2, 0.25) is 0 Å². The average Bonchev–Trinajstić information content (AvgIpc) is 2.38. The largest absolute Gasteiger partial charge is 0.476 e. The number of carbonyl (C=O) groups is 2. The van der Waals surface area contributed by atoms with Crippen LogP contribution in [0.4, 0.5) is 5.69 Å². The molecular weight excluding hydrogens is 262 g/mol. The van der Waals surface area contributed by atoms with Crippen molar-refractivity contribution in [2.75, 3.05) is 11.9 Å². The van der Waals surface area contributed by atoms with Crippen LogP contribution in [-0.2, 0) is 14.3 Å². The normalized spacial score (nSPS) is 17.5. The molecule has 2 N–H and O–H groups in total. The van der Waals surface area contributed by atoms with Gasteiger partial charge < -0.3 is 19.9 Å². The Bertz CT molecular complexity index is 552. The van der Waals surface area contributed by atoms with Gasteiger partial charge in [0.1, 0.15) is 5.75 Å². The van der Waals surface area contributed by atoms with Crippen molar-refractivity contribution >= 4 is 17.6 Å². The molecule has 1 unspecified atom stereocenters. The minimum atomic E-state index is -1.38. The Kier molecular flexibility index (Phi) is 3.67. The molecule has 1 atom stereocenters. The molecule has 0 saturated heterocycles. The van der Waals surface area contributed by atoms with E-state index >= 15 is 0 Å². The Labute approximate surface area is 116 Å². The van der Waals surface area contributed by atoms with Crippen LogP contribution in [0.1, 0.15) is 32.4 Å². The molecule has 20 heavy (non-hydrogen) atoms. The van der Waals surface area contributed by atoms with E-state index in [9.17, 15) is 14.7 Å². The fourth-order valence-corrected chi connectivity index (χ4v) is 1.86. The topological polar surface area (TPSA) is 84.9 Å². The van der Waals surface area contributed by atoms with Gasteiger partial charge in [0.15, 0.2) is 11.7 Å². The second-order valence-electron chi connectivity index (χ2n) is 4.98. The molecule has 1 heterocycles. The van der Waals surface area contributed by atoms with Gasteiger partial charge in [0, 0.05) is 0 Å². The van der Waals surface area contributed by atoms with E-state index in [1.165, 1.54) is 6.07 Å². The van der Waals surface area contributed by atoms with Gasteiger partial charge in [-0.3, -0.25) is 4.79 Å². The molecule has 2 rings (SSSR count). The SMILES string of the molecule is CCOC(=O)C(O)c1ccc2c(c1)NC(=O)C(C)(C)O2. The number of ether oxygens (including phenoxy) is 2. The quantitative estimate of drug-likeness (QED) is 0.817. The number of aliphatic hydroxyl groups excluding tert-OH is 1. The Morgan fingerprint density at radius 1 is 1.50 bits per heavy atom. The number of fused-ring (bicyclic) bond motifs is 1. The third-order valence-electron chi connectivity index (χ3n) is 2.99. The zero-order chi connectivity index (χ0) is 14.9. The van der Waals surface area contributed by atoms with Crippen LogP contribution in [0.2, 0.25) is 0 Å². The number of benzene rings is 1. The van der Waals surface area contributed by atoms with Crippen LogP contribution < -0.4 is 10.1 Å². The standard InChI is InChI=1S/C14H17NO5/c1-4-19-12(17)11(16)8-5-6-10-9(7-8)15-13(18)14(2,3)20-10/h5-7,11,16H,4H2,1-3H3,(H,15,18). The fraction of sp³-hybridized carbons (Fsp3) is 0.429. The van der Waals surface area contributed by atoms with Crippen molar-refractivity contribution in [3.8, 4) is 5.75 Å². The van der Waals surface area contributed by atoms with Gasteiger partial charge in [-0.15, -0.1) is 0 Å². The highest BCUT2D eigenvalue weighted by Crippen LogP contribution is 2.35. The van der Waals surface area contributed by atoms with Crippen LogP contribution >= 0.6 is 0 Å².